The number of phenols is 1. The van der Waals surface area contributed by atoms with Crippen LogP contribution >= 0.6 is 23.2 Å². The van der Waals surface area contributed by atoms with E-state index in [9.17, 15) is 18.3 Å². The molecule has 0 spiro atoms. The third kappa shape index (κ3) is 3.89. The molecule has 2 nitrogen and oxygen atoms in total. The summed E-state index contributed by atoms with van der Waals surface area (Å²) in [5.41, 5.74) is -0.490. The standard InChI is InChI=1S/C14H8Cl2F3NO/c15-10-4-8(13(21)12(16)6-10)7-20-11-3-1-2-9(5-11)14(17,18)19/h1-7,21H. The highest BCUT2D eigenvalue weighted by Gasteiger charge is 2.30. The van der Waals surface area contributed by atoms with Crippen LogP contribution < -0.4 is 0 Å². The van der Waals surface area contributed by atoms with Crippen LogP contribution in [0.1, 0.15) is 11.1 Å². The maximum atomic E-state index is 12.6. The highest BCUT2D eigenvalue weighted by atomic mass is 35.5. The Morgan fingerprint density at radius 2 is 1.81 bits per heavy atom. The lowest BCUT2D eigenvalue weighted by Gasteiger charge is -2.06. The molecule has 0 bridgehead atoms. The van der Waals surface area contributed by atoms with E-state index in [0.717, 1.165) is 12.1 Å². The number of rotatable bonds is 2. The first-order chi connectivity index (χ1) is 9.77. The predicted molar refractivity (Wildman–Crippen MR) is 76.8 cm³/mol. The first-order valence-corrected chi connectivity index (χ1v) is 6.42. The van der Waals surface area contributed by atoms with E-state index in [2.05, 4.69) is 4.99 Å². The van der Waals surface area contributed by atoms with Gasteiger partial charge in [-0.25, -0.2) is 0 Å². The molecule has 0 amide bonds. The van der Waals surface area contributed by atoms with Gasteiger partial charge in [0.2, 0.25) is 0 Å². The van der Waals surface area contributed by atoms with Crippen LogP contribution in [0.4, 0.5) is 18.9 Å². The fourth-order valence-corrected chi connectivity index (χ4v) is 2.10. The summed E-state index contributed by atoms with van der Waals surface area (Å²) in [5.74, 6) is -0.239. The van der Waals surface area contributed by atoms with Gasteiger partial charge in [0.05, 0.1) is 16.3 Å². The van der Waals surface area contributed by atoms with E-state index in [1.165, 1.54) is 30.5 Å². The third-order valence-electron chi connectivity index (χ3n) is 2.58. The van der Waals surface area contributed by atoms with E-state index in [1.807, 2.05) is 0 Å². The molecule has 1 N–H and O–H groups in total. The van der Waals surface area contributed by atoms with Crippen molar-refractivity contribution >= 4 is 35.1 Å². The highest BCUT2D eigenvalue weighted by molar-refractivity contribution is 6.36. The number of hydrogen-bond acceptors (Lipinski definition) is 2. The van der Waals surface area contributed by atoms with Crippen molar-refractivity contribution in [3.8, 4) is 5.75 Å². The second-order valence-electron chi connectivity index (χ2n) is 4.13. The molecule has 0 heterocycles. The van der Waals surface area contributed by atoms with Crippen LogP contribution in [-0.4, -0.2) is 11.3 Å². The van der Waals surface area contributed by atoms with Crippen molar-refractivity contribution in [3.05, 3.63) is 57.6 Å². The fraction of sp³-hybridized carbons (Fsp3) is 0.0714. The highest BCUT2D eigenvalue weighted by Crippen LogP contribution is 2.32. The molecule has 0 saturated carbocycles. The molecule has 2 aromatic rings. The summed E-state index contributed by atoms with van der Waals surface area (Å²) in [6.07, 6.45) is -3.24. The lowest BCUT2D eigenvalue weighted by atomic mass is 10.2. The van der Waals surface area contributed by atoms with Crippen LogP contribution in [0.25, 0.3) is 0 Å². The third-order valence-corrected chi connectivity index (χ3v) is 3.09. The summed E-state index contributed by atoms with van der Waals surface area (Å²) in [6, 6.07) is 7.27. The van der Waals surface area contributed by atoms with Crippen LogP contribution in [0.15, 0.2) is 41.4 Å². The molecule has 0 radical (unpaired) electrons. The van der Waals surface area contributed by atoms with Crippen molar-refractivity contribution in [2.75, 3.05) is 0 Å². The Balaban J connectivity index is 2.34. The molecule has 0 fully saturated rings. The fourth-order valence-electron chi connectivity index (χ4n) is 1.59. The number of benzene rings is 2. The number of halogens is 5. The topological polar surface area (TPSA) is 32.6 Å². The summed E-state index contributed by atoms with van der Waals surface area (Å²) < 4.78 is 37.7. The molecule has 0 aliphatic rings. The number of phenolic OH excluding ortho intramolecular Hbond substituents is 1. The molecule has 0 aromatic heterocycles. The normalized spacial score (nSPS) is 12.0. The van der Waals surface area contributed by atoms with Crippen molar-refractivity contribution in [1.82, 2.24) is 0 Å². The molecule has 21 heavy (non-hydrogen) atoms. The van der Waals surface area contributed by atoms with E-state index >= 15 is 0 Å². The first-order valence-electron chi connectivity index (χ1n) is 5.67. The lowest BCUT2D eigenvalue weighted by Crippen LogP contribution is -2.03. The Bertz CT molecular complexity index is 699. The number of alkyl halides is 3. The number of aliphatic imine (C=N–C) groups is 1. The largest absolute Gasteiger partial charge is 0.506 e. The van der Waals surface area contributed by atoms with Crippen LogP contribution in [0.2, 0.25) is 10.0 Å². The number of nitrogens with zero attached hydrogens (tertiary/aromatic N) is 1. The Morgan fingerprint density at radius 3 is 2.48 bits per heavy atom. The second-order valence-corrected chi connectivity index (χ2v) is 4.98. The Kier molecular flexibility index (Phi) is 4.44. The monoisotopic (exact) mass is 333 g/mol. The molecule has 0 unspecified atom stereocenters. The zero-order valence-corrected chi connectivity index (χ0v) is 11.8. The van der Waals surface area contributed by atoms with Gasteiger partial charge in [0.15, 0.2) is 0 Å². The number of hydrogen-bond donors (Lipinski definition) is 1. The molecular weight excluding hydrogens is 326 g/mol. The van der Waals surface area contributed by atoms with Crippen LogP contribution in [0, 0.1) is 0 Å². The average molecular weight is 334 g/mol. The van der Waals surface area contributed by atoms with E-state index in [0.29, 0.717) is 0 Å². The van der Waals surface area contributed by atoms with E-state index in [4.69, 9.17) is 23.2 Å². The summed E-state index contributed by atoms with van der Waals surface area (Å²) in [5, 5.41) is 10.0. The summed E-state index contributed by atoms with van der Waals surface area (Å²) >= 11 is 11.5. The maximum Gasteiger partial charge on any atom is 0.416 e. The summed E-state index contributed by atoms with van der Waals surface area (Å²) in [7, 11) is 0. The van der Waals surface area contributed by atoms with Gasteiger partial charge in [-0.2, -0.15) is 13.2 Å². The SMILES string of the molecule is Oc1c(Cl)cc(Cl)cc1C=Nc1cccc(C(F)(F)F)c1. The van der Waals surface area contributed by atoms with Gasteiger partial charge in [-0.15, -0.1) is 0 Å². The van der Waals surface area contributed by atoms with E-state index in [-0.39, 0.29) is 27.0 Å². The van der Waals surface area contributed by atoms with Gasteiger partial charge in [0.25, 0.3) is 0 Å². The Labute approximate surface area is 128 Å². The molecule has 0 saturated heterocycles. The van der Waals surface area contributed by atoms with Crippen molar-refractivity contribution in [1.29, 1.82) is 0 Å². The van der Waals surface area contributed by atoms with Gasteiger partial charge in [0, 0.05) is 16.8 Å². The zero-order valence-electron chi connectivity index (χ0n) is 10.3. The second kappa shape index (κ2) is 5.95. The summed E-state index contributed by atoms with van der Waals surface area (Å²) in [4.78, 5) is 3.89. The quantitative estimate of drug-likeness (QED) is 0.726. The Hall–Kier alpha value is -1.72. The van der Waals surface area contributed by atoms with Gasteiger partial charge >= 0.3 is 6.18 Å². The van der Waals surface area contributed by atoms with Gasteiger partial charge in [-0.1, -0.05) is 29.3 Å². The van der Waals surface area contributed by atoms with Gasteiger partial charge in [-0.3, -0.25) is 4.99 Å². The number of aromatic hydroxyl groups is 1. The maximum absolute atomic E-state index is 12.6. The summed E-state index contributed by atoms with van der Waals surface area (Å²) in [6.45, 7) is 0. The minimum absolute atomic E-state index is 0.0352. The van der Waals surface area contributed by atoms with Gasteiger partial charge in [0.1, 0.15) is 5.75 Å². The van der Waals surface area contributed by atoms with Crippen molar-refractivity contribution in [2.24, 2.45) is 4.99 Å². The minimum atomic E-state index is -4.44. The van der Waals surface area contributed by atoms with E-state index in [1.54, 1.807) is 0 Å². The molecule has 2 aromatic carbocycles. The zero-order chi connectivity index (χ0) is 15.6. The first kappa shape index (κ1) is 15.7. The van der Waals surface area contributed by atoms with Crippen LogP contribution in [0.5, 0.6) is 5.75 Å². The van der Waals surface area contributed by atoms with Crippen molar-refractivity contribution in [2.45, 2.75) is 6.18 Å². The smallest absolute Gasteiger partial charge is 0.416 e. The molecular formula is C14H8Cl2F3NO. The van der Waals surface area contributed by atoms with Crippen molar-refractivity contribution < 1.29 is 18.3 Å². The predicted octanol–water partition coefficient (Wildman–Crippen LogP) is 5.47. The molecule has 0 atom stereocenters. The molecule has 0 aliphatic heterocycles. The van der Waals surface area contributed by atoms with Crippen molar-refractivity contribution in [3.63, 3.8) is 0 Å². The molecule has 7 heteroatoms. The van der Waals surface area contributed by atoms with E-state index < -0.39 is 11.7 Å². The molecule has 0 aliphatic carbocycles. The van der Waals surface area contributed by atoms with Crippen LogP contribution in [-0.2, 0) is 6.18 Å². The molecule has 2 rings (SSSR count). The van der Waals surface area contributed by atoms with Crippen LogP contribution in [0.3, 0.4) is 0 Å². The Morgan fingerprint density at radius 1 is 1.10 bits per heavy atom. The minimum Gasteiger partial charge on any atom is -0.506 e. The molecule has 110 valence electrons. The average Bonchev–Trinajstić information content (AvgIpc) is 2.40. The van der Waals surface area contributed by atoms with Gasteiger partial charge < -0.3 is 5.11 Å². The van der Waals surface area contributed by atoms with Gasteiger partial charge in [-0.05, 0) is 30.3 Å². The lowest BCUT2D eigenvalue weighted by molar-refractivity contribution is -0.137.